The van der Waals surface area contributed by atoms with E-state index in [1.165, 1.54) is 23.4 Å². The lowest BCUT2D eigenvalue weighted by molar-refractivity contribution is 0.290. The monoisotopic (exact) mass is 269 g/mol. The normalized spacial score (nSPS) is 18.6. The Labute approximate surface area is 114 Å². The molecule has 17 heavy (non-hydrogen) atoms. The van der Waals surface area contributed by atoms with Gasteiger partial charge >= 0.3 is 0 Å². The first-order chi connectivity index (χ1) is 8.33. The fourth-order valence-corrected chi connectivity index (χ4v) is 3.79. The van der Waals surface area contributed by atoms with Gasteiger partial charge in [0.05, 0.1) is 0 Å². The molecular formula is C14H20ClNS. The van der Waals surface area contributed by atoms with Gasteiger partial charge in [-0.15, -0.1) is 23.4 Å². The molecule has 0 aromatic heterocycles. The summed E-state index contributed by atoms with van der Waals surface area (Å²) in [5, 5.41) is 0.725. The Morgan fingerprint density at radius 2 is 2.24 bits per heavy atom. The molecule has 94 valence electrons. The van der Waals surface area contributed by atoms with Crippen molar-refractivity contribution < 1.29 is 0 Å². The molecule has 0 radical (unpaired) electrons. The molecule has 1 aromatic carbocycles. The molecule has 0 spiro atoms. The van der Waals surface area contributed by atoms with Gasteiger partial charge in [-0.05, 0) is 37.6 Å². The summed E-state index contributed by atoms with van der Waals surface area (Å²) >= 11 is 7.80. The van der Waals surface area contributed by atoms with Crippen LogP contribution in [-0.2, 0) is 6.42 Å². The number of rotatable bonds is 6. The minimum absolute atomic E-state index is 0.725. The number of hydrogen-bond acceptors (Lipinski definition) is 2. The Hall–Kier alpha value is -0.180. The van der Waals surface area contributed by atoms with Gasteiger partial charge in [0, 0.05) is 22.6 Å². The second kappa shape index (κ2) is 6.67. The molecule has 1 unspecified atom stereocenters. The standard InChI is InChI=1S/C14H20ClNS/c1-2-16(9-5-8-15)11-13-10-12-6-3-4-7-14(12)17-13/h3-4,6-7,13H,2,5,8-11H2,1H3. The van der Waals surface area contributed by atoms with E-state index in [9.17, 15) is 0 Å². The van der Waals surface area contributed by atoms with Crippen LogP contribution in [0.4, 0.5) is 0 Å². The smallest absolute Gasteiger partial charge is 0.0263 e. The molecule has 0 saturated heterocycles. The average molecular weight is 270 g/mol. The number of nitrogens with zero attached hydrogens (tertiary/aromatic N) is 1. The van der Waals surface area contributed by atoms with Gasteiger partial charge < -0.3 is 4.90 Å². The van der Waals surface area contributed by atoms with Crippen molar-refractivity contribution in [3.05, 3.63) is 29.8 Å². The van der Waals surface area contributed by atoms with Crippen LogP contribution in [-0.4, -0.2) is 35.7 Å². The quantitative estimate of drug-likeness (QED) is 0.725. The van der Waals surface area contributed by atoms with Gasteiger partial charge in [0.15, 0.2) is 0 Å². The van der Waals surface area contributed by atoms with E-state index < -0.39 is 0 Å². The summed E-state index contributed by atoms with van der Waals surface area (Å²) in [5.74, 6) is 0.772. The molecule has 3 heteroatoms. The van der Waals surface area contributed by atoms with Gasteiger partial charge in [0.1, 0.15) is 0 Å². The fraction of sp³-hybridized carbons (Fsp3) is 0.571. The first kappa shape index (κ1) is 13.3. The third kappa shape index (κ3) is 3.64. The summed E-state index contributed by atoms with van der Waals surface area (Å²) in [7, 11) is 0. The highest BCUT2D eigenvalue weighted by molar-refractivity contribution is 8.00. The van der Waals surface area contributed by atoms with Gasteiger partial charge in [0.25, 0.3) is 0 Å². The fourth-order valence-electron chi connectivity index (χ4n) is 2.31. The van der Waals surface area contributed by atoms with Gasteiger partial charge in [-0.2, -0.15) is 0 Å². The zero-order valence-electron chi connectivity index (χ0n) is 10.4. The summed E-state index contributed by atoms with van der Waals surface area (Å²) in [4.78, 5) is 4.00. The van der Waals surface area contributed by atoms with Gasteiger partial charge in [-0.3, -0.25) is 0 Å². The maximum atomic E-state index is 5.76. The van der Waals surface area contributed by atoms with E-state index in [0.717, 1.165) is 30.6 Å². The first-order valence-electron chi connectivity index (χ1n) is 6.36. The van der Waals surface area contributed by atoms with Crippen LogP contribution in [0.3, 0.4) is 0 Å². The van der Waals surface area contributed by atoms with Crippen molar-refractivity contribution in [1.29, 1.82) is 0 Å². The lowest BCUT2D eigenvalue weighted by Crippen LogP contribution is -2.31. The number of hydrogen-bond donors (Lipinski definition) is 0. The van der Waals surface area contributed by atoms with Crippen LogP contribution < -0.4 is 0 Å². The van der Waals surface area contributed by atoms with E-state index in [2.05, 4.69) is 36.1 Å². The van der Waals surface area contributed by atoms with E-state index in [-0.39, 0.29) is 0 Å². The molecule has 1 aliphatic heterocycles. The molecule has 1 aromatic rings. The maximum absolute atomic E-state index is 5.76. The molecule has 0 saturated carbocycles. The molecule has 1 nitrogen and oxygen atoms in total. The lowest BCUT2D eigenvalue weighted by atomic mass is 10.1. The summed E-state index contributed by atoms with van der Waals surface area (Å²) in [6, 6.07) is 8.79. The summed E-state index contributed by atoms with van der Waals surface area (Å²) in [6.45, 7) is 5.69. The zero-order chi connectivity index (χ0) is 12.1. The molecule has 0 aliphatic carbocycles. The van der Waals surface area contributed by atoms with Crippen LogP contribution in [0, 0.1) is 0 Å². The lowest BCUT2D eigenvalue weighted by Gasteiger charge is -2.23. The molecule has 0 amide bonds. The van der Waals surface area contributed by atoms with Crippen LogP contribution in [0.1, 0.15) is 18.9 Å². The van der Waals surface area contributed by atoms with E-state index >= 15 is 0 Å². The van der Waals surface area contributed by atoms with E-state index in [1.807, 2.05) is 11.8 Å². The van der Waals surface area contributed by atoms with Crippen LogP contribution in [0.25, 0.3) is 0 Å². The number of alkyl halides is 1. The van der Waals surface area contributed by atoms with Gasteiger partial charge in [-0.25, -0.2) is 0 Å². The minimum Gasteiger partial charge on any atom is -0.302 e. The van der Waals surface area contributed by atoms with Crippen molar-refractivity contribution in [2.45, 2.75) is 29.9 Å². The maximum Gasteiger partial charge on any atom is 0.0263 e. The van der Waals surface area contributed by atoms with Crippen molar-refractivity contribution in [1.82, 2.24) is 4.90 Å². The highest BCUT2D eigenvalue weighted by Crippen LogP contribution is 2.36. The topological polar surface area (TPSA) is 3.24 Å². The number of halogens is 1. The summed E-state index contributed by atoms with van der Waals surface area (Å²) in [5.41, 5.74) is 1.52. The van der Waals surface area contributed by atoms with Crippen LogP contribution in [0.5, 0.6) is 0 Å². The zero-order valence-corrected chi connectivity index (χ0v) is 11.9. The third-order valence-corrected chi connectivity index (χ3v) is 4.80. The number of fused-ring (bicyclic) bond motifs is 1. The first-order valence-corrected chi connectivity index (χ1v) is 7.77. The van der Waals surface area contributed by atoms with Crippen molar-refractivity contribution in [2.24, 2.45) is 0 Å². The van der Waals surface area contributed by atoms with Crippen LogP contribution in [0.2, 0.25) is 0 Å². The van der Waals surface area contributed by atoms with E-state index in [1.54, 1.807) is 0 Å². The van der Waals surface area contributed by atoms with Crippen LogP contribution in [0.15, 0.2) is 29.2 Å². The predicted octanol–water partition coefficient (Wildman–Crippen LogP) is 3.65. The Balaban J connectivity index is 1.85. The minimum atomic E-state index is 0.725. The van der Waals surface area contributed by atoms with Crippen molar-refractivity contribution in [2.75, 3.05) is 25.5 Å². The largest absolute Gasteiger partial charge is 0.302 e. The number of benzene rings is 1. The molecule has 1 heterocycles. The van der Waals surface area contributed by atoms with Gasteiger partial charge in [0.2, 0.25) is 0 Å². The third-order valence-electron chi connectivity index (χ3n) is 3.23. The predicted molar refractivity (Wildman–Crippen MR) is 77.2 cm³/mol. The molecule has 1 atom stereocenters. The van der Waals surface area contributed by atoms with E-state index in [0.29, 0.717) is 0 Å². The molecule has 2 rings (SSSR count). The molecule has 0 bridgehead atoms. The Morgan fingerprint density at radius 1 is 1.41 bits per heavy atom. The average Bonchev–Trinajstić information content (AvgIpc) is 2.76. The van der Waals surface area contributed by atoms with Crippen molar-refractivity contribution >= 4 is 23.4 Å². The Morgan fingerprint density at radius 3 is 2.94 bits per heavy atom. The Kier molecular flexibility index (Phi) is 5.20. The van der Waals surface area contributed by atoms with Crippen molar-refractivity contribution in [3.63, 3.8) is 0 Å². The molecule has 0 fully saturated rings. The van der Waals surface area contributed by atoms with Crippen molar-refractivity contribution in [3.8, 4) is 0 Å². The van der Waals surface area contributed by atoms with Crippen LogP contribution >= 0.6 is 23.4 Å². The molecule has 0 N–H and O–H groups in total. The second-order valence-electron chi connectivity index (χ2n) is 4.49. The molecule has 1 aliphatic rings. The summed E-state index contributed by atoms with van der Waals surface area (Å²) < 4.78 is 0. The molecular weight excluding hydrogens is 250 g/mol. The SMILES string of the molecule is CCN(CCCCl)CC1Cc2ccccc2S1. The second-order valence-corrected chi connectivity index (χ2v) is 6.21. The van der Waals surface area contributed by atoms with Gasteiger partial charge in [-0.1, -0.05) is 25.1 Å². The highest BCUT2D eigenvalue weighted by atomic mass is 35.5. The Bertz CT molecular complexity index is 331. The summed E-state index contributed by atoms with van der Waals surface area (Å²) in [6.07, 6.45) is 2.32. The highest BCUT2D eigenvalue weighted by Gasteiger charge is 2.23. The van der Waals surface area contributed by atoms with E-state index in [4.69, 9.17) is 11.6 Å². The number of thioether (sulfide) groups is 1.